The van der Waals surface area contributed by atoms with Gasteiger partial charge in [-0.3, -0.25) is 4.79 Å². The summed E-state index contributed by atoms with van der Waals surface area (Å²) >= 11 is 0. The number of ether oxygens (including phenoxy) is 1. The van der Waals surface area contributed by atoms with Crippen molar-refractivity contribution in [1.82, 2.24) is 0 Å². The number of hydrogen-bond acceptors (Lipinski definition) is 4. The summed E-state index contributed by atoms with van der Waals surface area (Å²) in [5.74, 6) is -0.869. The maximum Gasteiger partial charge on any atom is 0.416 e. The number of rotatable bonds is 7. The average Bonchev–Trinajstić information content (AvgIpc) is 3.09. The highest BCUT2D eigenvalue weighted by molar-refractivity contribution is 7.92. The first kappa shape index (κ1) is 20.5. The first-order valence-electron chi connectivity index (χ1n) is 8.49. The molecule has 1 N–H and O–H groups in total. The van der Waals surface area contributed by atoms with Gasteiger partial charge in [-0.05, 0) is 38.0 Å². The van der Waals surface area contributed by atoms with Crippen molar-refractivity contribution >= 4 is 21.4 Å². The van der Waals surface area contributed by atoms with E-state index in [1.807, 2.05) is 0 Å². The first-order valence-corrected chi connectivity index (χ1v) is 10.2. The molecule has 0 atom stereocenters. The number of carbonyl (C=O) groups excluding carboxylic acids is 1. The van der Waals surface area contributed by atoms with Crippen LogP contribution < -0.4 is 10.1 Å². The fourth-order valence-corrected chi connectivity index (χ4v) is 4.80. The molecular formula is C17H22F3NO4S. The Labute approximate surface area is 150 Å². The van der Waals surface area contributed by atoms with E-state index in [2.05, 4.69) is 5.32 Å². The highest BCUT2D eigenvalue weighted by atomic mass is 32.2. The van der Waals surface area contributed by atoms with Crippen molar-refractivity contribution in [1.29, 1.82) is 0 Å². The van der Waals surface area contributed by atoms with Crippen LogP contribution in [0.4, 0.5) is 18.9 Å². The van der Waals surface area contributed by atoms with Crippen LogP contribution in [-0.2, 0) is 20.8 Å². The molecule has 2 rings (SSSR count). The van der Waals surface area contributed by atoms with Crippen LogP contribution in [0.25, 0.3) is 0 Å². The number of alkyl halides is 3. The van der Waals surface area contributed by atoms with Crippen LogP contribution in [0.3, 0.4) is 0 Å². The lowest BCUT2D eigenvalue weighted by Gasteiger charge is -2.15. The molecule has 1 aromatic rings. The molecule has 0 aromatic heterocycles. The van der Waals surface area contributed by atoms with Gasteiger partial charge in [0, 0.05) is 6.42 Å². The Morgan fingerprint density at radius 2 is 1.92 bits per heavy atom. The average molecular weight is 393 g/mol. The van der Waals surface area contributed by atoms with Crippen LogP contribution in [0.1, 0.15) is 44.6 Å². The summed E-state index contributed by atoms with van der Waals surface area (Å²) in [5.41, 5.74) is -1.04. The first-order chi connectivity index (χ1) is 12.1. The zero-order valence-corrected chi connectivity index (χ0v) is 15.3. The second-order valence-electron chi connectivity index (χ2n) is 6.21. The Hall–Kier alpha value is -1.77. The third-order valence-corrected chi connectivity index (χ3v) is 6.56. The molecule has 5 nitrogen and oxygen atoms in total. The van der Waals surface area contributed by atoms with E-state index in [-0.39, 0.29) is 30.2 Å². The van der Waals surface area contributed by atoms with Gasteiger partial charge in [0.15, 0.2) is 9.84 Å². The van der Waals surface area contributed by atoms with Crippen LogP contribution in [0.5, 0.6) is 5.75 Å². The minimum Gasteiger partial charge on any atom is -0.492 e. The second-order valence-corrected chi connectivity index (χ2v) is 8.61. The predicted molar refractivity (Wildman–Crippen MR) is 91.9 cm³/mol. The lowest BCUT2D eigenvalue weighted by Crippen LogP contribution is -2.24. The van der Waals surface area contributed by atoms with Crippen molar-refractivity contribution in [2.45, 2.75) is 50.5 Å². The fraction of sp³-hybridized carbons (Fsp3) is 0.588. The van der Waals surface area contributed by atoms with Crippen molar-refractivity contribution in [2.75, 3.05) is 17.7 Å². The maximum absolute atomic E-state index is 12.9. The smallest absolute Gasteiger partial charge is 0.416 e. The van der Waals surface area contributed by atoms with Gasteiger partial charge in [-0.1, -0.05) is 12.8 Å². The largest absolute Gasteiger partial charge is 0.492 e. The predicted octanol–water partition coefficient (Wildman–Crippen LogP) is 3.79. The summed E-state index contributed by atoms with van der Waals surface area (Å²) in [6.07, 6.45) is -1.94. The zero-order chi connectivity index (χ0) is 19.4. The number of anilines is 1. The van der Waals surface area contributed by atoms with Crippen molar-refractivity contribution in [3.05, 3.63) is 23.8 Å². The molecule has 1 saturated carbocycles. The van der Waals surface area contributed by atoms with Crippen LogP contribution in [0.15, 0.2) is 18.2 Å². The van der Waals surface area contributed by atoms with Crippen molar-refractivity contribution in [3.8, 4) is 5.75 Å². The van der Waals surface area contributed by atoms with Gasteiger partial charge in [-0.2, -0.15) is 13.2 Å². The highest BCUT2D eigenvalue weighted by Gasteiger charge is 2.32. The molecule has 1 fully saturated rings. The molecule has 9 heteroatoms. The Bertz CT molecular complexity index is 741. The lowest BCUT2D eigenvalue weighted by atomic mass is 10.1. The van der Waals surface area contributed by atoms with E-state index < -0.39 is 32.7 Å². The van der Waals surface area contributed by atoms with E-state index in [9.17, 15) is 26.4 Å². The van der Waals surface area contributed by atoms with Crippen molar-refractivity contribution in [3.63, 3.8) is 0 Å². The summed E-state index contributed by atoms with van der Waals surface area (Å²) in [6.45, 7) is 1.88. The monoisotopic (exact) mass is 393 g/mol. The lowest BCUT2D eigenvalue weighted by molar-refractivity contribution is -0.137. The molecule has 0 unspecified atom stereocenters. The zero-order valence-electron chi connectivity index (χ0n) is 14.4. The van der Waals surface area contributed by atoms with Crippen LogP contribution in [0, 0.1) is 0 Å². The maximum atomic E-state index is 12.9. The minimum atomic E-state index is -4.56. The topological polar surface area (TPSA) is 72.5 Å². The van der Waals surface area contributed by atoms with Gasteiger partial charge >= 0.3 is 6.18 Å². The van der Waals surface area contributed by atoms with Crippen LogP contribution in [-0.4, -0.2) is 31.9 Å². The molecule has 0 bridgehead atoms. The summed E-state index contributed by atoms with van der Waals surface area (Å²) in [5, 5.41) is 1.93. The number of benzene rings is 1. The molecule has 0 heterocycles. The van der Waals surface area contributed by atoms with Gasteiger partial charge in [0.2, 0.25) is 5.91 Å². The Morgan fingerprint density at radius 1 is 1.27 bits per heavy atom. The van der Waals surface area contributed by atoms with E-state index in [1.54, 1.807) is 6.92 Å². The van der Waals surface area contributed by atoms with E-state index in [1.165, 1.54) is 0 Å². The van der Waals surface area contributed by atoms with E-state index >= 15 is 0 Å². The Morgan fingerprint density at radius 3 is 2.50 bits per heavy atom. The third-order valence-electron chi connectivity index (χ3n) is 4.30. The number of sulfone groups is 1. The van der Waals surface area contributed by atoms with Gasteiger partial charge in [-0.25, -0.2) is 8.42 Å². The van der Waals surface area contributed by atoms with Crippen molar-refractivity contribution < 1.29 is 31.1 Å². The molecule has 26 heavy (non-hydrogen) atoms. The molecule has 146 valence electrons. The minimum absolute atomic E-state index is 0.104. The van der Waals surface area contributed by atoms with Gasteiger partial charge in [0.1, 0.15) is 5.75 Å². The normalized spacial score (nSPS) is 15.8. The van der Waals surface area contributed by atoms with Gasteiger partial charge in [0.25, 0.3) is 0 Å². The molecule has 0 radical (unpaired) electrons. The third kappa shape index (κ3) is 5.36. The molecule has 1 aromatic carbocycles. The molecular weight excluding hydrogens is 371 g/mol. The molecule has 1 aliphatic carbocycles. The summed E-state index contributed by atoms with van der Waals surface area (Å²) in [4.78, 5) is 12.1. The molecule has 1 aliphatic rings. The fourth-order valence-electron chi connectivity index (χ4n) is 2.95. The molecule has 0 saturated heterocycles. The summed E-state index contributed by atoms with van der Waals surface area (Å²) in [6, 6.07) is 2.79. The van der Waals surface area contributed by atoms with Gasteiger partial charge in [-0.15, -0.1) is 0 Å². The van der Waals surface area contributed by atoms with Crippen molar-refractivity contribution in [2.24, 2.45) is 0 Å². The van der Waals surface area contributed by atoms with E-state index in [0.717, 1.165) is 31.0 Å². The number of hydrogen-bond donors (Lipinski definition) is 1. The SMILES string of the molecule is CCOc1ccc(C(F)(F)F)cc1NC(=O)CCS(=O)(=O)C1CCCC1. The van der Waals surface area contributed by atoms with E-state index in [4.69, 9.17) is 4.74 Å². The second kappa shape index (κ2) is 8.28. The Kier molecular flexibility index (Phi) is 6.54. The Balaban J connectivity index is 2.07. The van der Waals surface area contributed by atoms with Crippen LogP contribution in [0.2, 0.25) is 0 Å². The standard InChI is InChI=1S/C17H22F3NO4S/c1-2-25-15-8-7-12(17(18,19)20)11-14(15)21-16(22)9-10-26(23,24)13-5-3-4-6-13/h7-8,11,13H,2-6,9-10H2,1H3,(H,21,22). The molecule has 0 spiro atoms. The summed E-state index contributed by atoms with van der Waals surface area (Å²) in [7, 11) is -3.37. The number of amides is 1. The van der Waals surface area contributed by atoms with Gasteiger partial charge < -0.3 is 10.1 Å². The van der Waals surface area contributed by atoms with Gasteiger partial charge in [0.05, 0.1) is 28.9 Å². The number of halogens is 3. The number of nitrogens with one attached hydrogen (secondary N) is 1. The quantitative estimate of drug-likeness (QED) is 0.765. The highest BCUT2D eigenvalue weighted by Crippen LogP contribution is 2.35. The number of carbonyl (C=O) groups is 1. The summed E-state index contributed by atoms with van der Waals surface area (Å²) < 4.78 is 68.2. The molecule has 1 amide bonds. The molecule has 0 aliphatic heterocycles. The van der Waals surface area contributed by atoms with E-state index in [0.29, 0.717) is 12.8 Å². The van der Waals surface area contributed by atoms with Crippen LogP contribution >= 0.6 is 0 Å².